The monoisotopic (exact) mass is 1240 g/mol. The van der Waals surface area contributed by atoms with Crippen LogP contribution in [0.4, 0.5) is 0 Å². The number of aliphatic carboxylic acids is 1. The SMILES string of the molecule is CC(=O)OCC1OC(OC2C(O)COC(OC3C(O)C(C)(C)CC4C5=CCC6C7(C)CCC(OC8OC(C(=O)O)C(O)C(O)C8OC8OCC(O)C(O)C8O)C(C)(CO)C7CCC6(C)C5(C)CCC43C)C2O)C(OC(C)=O)C(OC(C)=O)C1OC(C)=O. The average Bonchev–Trinajstić information content (AvgIpc) is 0.680. The van der Waals surface area contributed by atoms with E-state index in [1.54, 1.807) is 0 Å². The predicted molar refractivity (Wildman–Crippen MR) is 292 cm³/mol. The Hall–Kier alpha value is -3.59. The van der Waals surface area contributed by atoms with Crippen LogP contribution in [0.2, 0.25) is 0 Å². The van der Waals surface area contributed by atoms with Gasteiger partial charge in [0.15, 0.2) is 49.6 Å². The fourth-order valence-corrected chi connectivity index (χ4v) is 17.3. The van der Waals surface area contributed by atoms with Crippen molar-refractivity contribution in [2.75, 3.05) is 26.4 Å². The van der Waals surface area contributed by atoms with Crippen molar-refractivity contribution < 1.29 is 132 Å². The fraction of sp³-hybridized carbons (Fsp3) is 0.883. The van der Waals surface area contributed by atoms with Crippen molar-refractivity contribution in [1.82, 2.24) is 0 Å². The number of carbonyl (C=O) groups is 5. The van der Waals surface area contributed by atoms with Crippen molar-refractivity contribution in [3.05, 3.63) is 11.6 Å². The molecule has 494 valence electrons. The van der Waals surface area contributed by atoms with E-state index in [0.717, 1.165) is 34.1 Å². The minimum Gasteiger partial charge on any atom is -0.479 e. The molecular weight excluding hydrogens is 1150 g/mol. The predicted octanol–water partition coefficient (Wildman–Crippen LogP) is 0.0334. The quantitative estimate of drug-likeness (QED) is 0.0448. The first-order valence-electron chi connectivity index (χ1n) is 30.4. The zero-order valence-electron chi connectivity index (χ0n) is 51.3. The summed E-state index contributed by atoms with van der Waals surface area (Å²) in [6.07, 6.45) is -25.9. The third-order valence-electron chi connectivity index (χ3n) is 22.2. The van der Waals surface area contributed by atoms with Crippen molar-refractivity contribution in [1.29, 1.82) is 0 Å². The zero-order chi connectivity index (χ0) is 64.0. The standard InChI is InChI=1S/C60H92O27/c1-25(62)76-23-33-43(79-26(2)63)46(80-27(3)64)47(81-28(4)65)54(82-33)84-42-32(67)22-78-52(41(42)72)87-49-48(73)55(5,6)20-30-29-12-13-35-57(8)16-15-36(58(9,24-61)34(57)14-17-60(35,11)59(29,10)19-18-56(30,49)7)83-53-45(39(70)38(69)44(85-53)50(74)75)86-51-40(71)37(68)31(66)21-77-51/h12,30-49,51-54,61,66-73H,13-24H2,1-11H3,(H,74,75). The number of hydrogen-bond acceptors (Lipinski definition) is 26. The number of ether oxygens (including phenoxy) is 12. The van der Waals surface area contributed by atoms with Gasteiger partial charge in [-0.3, -0.25) is 19.2 Å². The van der Waals surface area contributed by atoms with E-state index in [1.807, 2.05) is 20.8 Å². The molecule has 5 aliphatic carbocycles. The smallest absolute Gasteiger partial charge is 0.335 e. The highest BCUT2D eigenvalue weighted by Crippen LogP contribution is 2.76. The van der Waals surface area contributed by atoms with Crippen LogP contribution < -0.4 is 0 Å². The highest BCUT2D eigenvalue weighted by atomic mass is 16.8. The summed E-state index contributed by atoms with van der Waals surface area (Å²) in [5.41, 5.74) is -2.40. The second-order valence-electron chi connectivity index (χ2n) is 27.9. The Kier molecular flexibility index (Phi) is 19.6. The zero-order valence-corrected chi connectivity index (χ0v) is 51.3. The molecule has 4 saturated heterocycles. The normalized spacial score (nSPS) is 49.4. The number of carbonyl (C=O) groups excluding carboxylic acids is 4. The summed E-state index contributed by atoms with van der Waals surface area (Å²) >= 11 is 0. The summed E-state index contributed by atoms with van der Waals surface area (Å²) in [5.74, 6) is -5.18. The molecule has 29 unspecified atom stereocenters. The van der Waals surface area contributed by atoms with Crippen molar-refractivity contribution in [3.8, 4) is 0 Å². The first kappa shape index (κ1) is 67.8. The van der Waals surface area contributed by atoms with E-state index >= 15 is 0 Å². The molecule has 0 radical (unpaired) electrons. The molecule has 4 aliphatic heterocycles. The molecule has 8 fully saturated rings. The van der Waals surface area contributed by atoms with Crippen LogP contribution >= 0.6 is 0 Å². The Morgan fingerprint density at radius 1 is 0.575 bits per heavy atom. The Balaban J connectivity index is 0.959. The van der Waals surface area contributed by atoms with Gasteiger partial charge in [0.1, 0.15) is 67.6 Å². The van der Waals surface area contributed by atoms with Gasteiger partial charge in [0.05, 0.1) is 38.1 Å². The van der Waals surface area contributed by atoms with Gasteiger partial charge < -0.3 is 108 Å². The van der Waals surface area contributed by atoms with Crippen LogP contribution in [0.15, 0.2) is 11.6 Å². The van der Waals surface area contributed by atoms with Gasteiger partial charge in [-0.2, -0.15) is 0 Å². The molecule has 10 N–H and O–H groups in total. The molecule has 0 aromatic rings. The minimum absolute atomic E-state index is 0.0709. The van der Waals surface area contributed by atoms with Crippen molar-refractivity contribution in [2.24, 2.45) is 50.2 Å². The third-order valence-corrected chi connectivity index (χ3v) is 22.2. The van der Waals surface area contributed by atoms with Crippen molar-refractivity contribution in [2.45, 2.75) is 256 Å². The molecule has 29 atom stereocenters. The van der Waals surface area contributed by atoms with Gasteiger partial charge in [-0.05, 0) is 90.8 Å². The van der Waals surface area contributed by atoms with E-state index in [-0.39, 0.29) is 29.8 Å². The maximum atomic E-state index is 12.6. The van der Waals surface area contributed by atoms with E-state index in [9.17, 15) is 75.0 Å². The highest BCUT2D eigenvalue weighted by molar-refractivity contribution is 5.73. The Bertz CT molecular complexity index is 2570. The lowest BCUT2D eigenvalue weighted by atomic mass is 9.33. The van der Waals surface area contributed by atoms with Crippen LogP contribution in [-0.4, -0.2) is 236 Å². The van der Waals surface area contributed by atoms with Crippen LogP contribution in [-0.2, 0) is 80.8 Å². The molecule has 0 spiro atoms. The summed E-state index contributed by atoms with van der Waals surface area (Å²) < 4.78 is 71.1. The number of aliphatic hydroxyl groups is 9. The van der Waals surface area contributed by atoms with Gasteiger partial charge in [-0.1, -0.05) is 60.1 Å². The molecule has 9 rings (SSSR count). The molecule has 9 aliphatic rings. The number of carboxylic acid groups (broad SMARTS) is 1. The van der Waals surface area contributed by atoms with E-state index in [0.29, 0.717) is 44.9 Å². The lowest BCUT2D eigenvalue weighted by molar-refractivity contribution is -0.367. The number of carboxylic acids is 1. The Morgan fingerprint density at radius 3 is 1.79 bits per heavy atom. The van der Waals surface area contributed by atoms with Gasteiger partial charge in [-0.15, -0.1) is 0 Å². The molecule has 0 amide bonds. The van der Waals surface area contributed by atoms with Gasteiger partial charge in [0, 0.05) is 38.5 Å². The summed E-state index contributed by atoms with van der Waals surface area (Å²) in [6, 6.07) is 0. The number of fused-ring (bicyclic) bond motifs is 7. The van der Waals surface area contributed by atoms with Crippen LogP contribution in [0.3, 0.4) is 0 Å². The van der Waals surface area contributed by atoms with Crippen molar-refractivity contribution in [3.63, 3.8) is 0 Å². The fourth-order valence-electron chi connectivity index (χ4n) is 17.3. The van der Waals surface area contributed by atoms with E-state index in [2.05, 4.69) is 33.8 Å². The van der Waals surface area contributed by atoms with Crippen LogP contribution in [0, 0.1) is 50.2 Å². The Morgan fingerprint density at radius 2 is 1.17 bits per heavy atom. The molecule has 27 heteroatoms. The highest BCUT2D eigenvalue weighted by Gasteiger charge is 2.71. The molecule has 0 bridgehead atoms. The first-order chi connectivity index (χ1) is 40.6. The lowest BCUT2D eigenvalue weighted by Crippen LogP contribution is -2.69. The second-order valence-corrected chi connectivity index (χ2v) is 27.9. The topological polar surface area (TPSA) is 398 Å². The molecule has 4 saturated carbocycles. The summed E-state index contributed by atoms with van der Waals surface area (Å²) in [6.45, 7) is 17.5. The largest absolute Gasteiger partial charge is 0.479 e. The number of rotatable bonds is 15. The van der Waals surface area contributed by atoms with Crippen LogP contribution in [0.5, 0.6) is 0 Å². The number of aliphatic hydroxyl groups excluding tert-OH is 9. The maximum absolute atomic E-state index is 12.6. The van der Waals surface area contributed by atoms with Gasteiger partial charge in [0.25, 0.3) is 0 Å². The van der Waals surface area contributed by atoms with Gasteiger partial charge in [0.2, 0.25) is 0 Å². The molecule has 27 nitrogen and oxygen atoms in total. The maximum Gasteiger partial charge on any atom is 0.335 e. The van der Waals surface area contributed by atoms with E-state index in [4.69, 9.17) is 56.8 Å². The molecular formula is C60H92O27. The van der Waals surface area contributed by atoms with Crippen molar-refractivity contribution >= 4 is 29.8 Å². The lowest BCUT2D eigenvalue weighted by Gasteiger charge is -2.72. The third kappa shape index (κ3) is 12.0. The Labute approximate surface area is 505 Å². The van der Waals surface area contributed by atoms with Crippen LogP contribution in [0.1, 0.15) is 128 Å². The van der Waals surface area contributed by atoms with E-state index in [1.165, 1.54) is 5.57 Å². The number of allylic oxidation sites excluding steroid dienone is 2. The average molecular weight is 1250 g/mol. The summed E-state index contributed by atoms with van der Waals surface area (Å²) in [5, 5.41) is 111. The minimum atomic E-state index is -2.00. The van der Waals surface area contributed by atoms with Gasteiger partial charge in [-0.25, -0.2) is 4.79 Å². The molecule has 0 aromatic heterocycles. The summed E-state index contributed by atoms with van der Waals surface area (Å²) in [7, 11) is 0. The molecule has 4 heterocycles. The van der Waals surface area contributed by atoms with Crippen LogP contribution in [0.25, 0.3) is 0 Å². The van der Waals surface area contributed by atoms with E-state index < -0.39 is 206 Å². The first-order valence-corrected chi connectivity index (χ1v) is 30.4. The van der Waals surface area contributed by atoms with Gasteiger partial charge >= 0.3 is 29.8 Å². The second kappa shape index (κ2) is 25.1. The number of esters is 4. The molecule has 0 aromatic carbocycles. The number of hydrogen-bond donors (Lipinski definition) is 10. The summed E-state index contributed by atoms with van der Waals surface area (Å²) in [4.78, 5) is 61.9. The molecule has 87 heavy (non-hydrogen) atoms.